The normalized spacial score (nSPS) is 14.4. The molecule has 4 rings (SSSR count). The predicted octanol–water partition coefficient (Wildman–Crippen LogP) is 4.06. The number of halogens is 3. The standard InChI is InChI=1S/C26H27F3N4O2/c1-16-22(17(2)33(32-16)21-10-6-9-19(14-21)26(27,28)29)15-24(34)31-23(25(35)30-20-11-12-20)13-18-7-4-3-5-8-18/h3-10,14,20,23H,11-13,15H2,1-2H3,(H,30,35)(H,31,34). The Balaban J connectivity index is 1.51. The average Bonchev–Trinajstić information content (AvgIpc) is 3.59. The summed E-state index contributed by atoms with van der Waals surface area (Å²) in [5.74, 6) is -0.579. The van der Waals surface area contributed by atoms with E-state index in [0.29, 0.717) is 23.4 Å². The van der Waals surface area contributed by atoms with Crippen molar-refractivity contribution in [3.8, 4) is 5.69 Å². The summed E-state index contributed by atoms with van der Waals surface area (Å²) in [6.07, 6.45) is -2.29. The molecule has 1 unspecified atom stereocenters. The van der Waals surface area contributed by atoms with E-state index < -0.39 is 17.8 Å². The maximum atomic E-state index is 13.2. The van der Waals surface area contributed by atoms with Crippen LogP contribution in [0.2, 0.25) is 0 Å². The summed E-state index contributed by atoms with van der Waals surface area (Å²) in [4.78, 5) is 25.8. The fourth-order valence-corrected chi connectivity index (χ4v) is 3.99. The molecule has 0 radical (unpaired) electrons. The van der Waals surface area contributed by atoms with Crippen molar-refractivity contribution in [2.45, 2.75) is 57.8 Å². The van der Waals surface area contributed by atoms with Gasteiger partial charge in [0.05, 0.1) is 23.4 Å². The average molecular weight is 485 g/mol. The summed E-state index contributed by atoms with van der Waals surface area (Å²) in [5, 5.41) is 10.2. The molecule has 1 aliphatic rings. The van der Waals surface area contributed by atoms with Gasteiger partial charge in [0, 0.05) is 23.7 Å². The summed E-state index contributed by atoms with van der Waals surface area (Å²) in [6, 6.07) is 13.8. The van der Waals surface area contributed by atoms with Crippen LogP contribution in [0.5, 0.6) is 0 Å². The third kappa shape index (κ3) is 6.09. The lowest BCUT2D eigenvalue weighted by molar-refractivity contribution is -0.137. The Kier molecular flexibility index (Phi) is 6.95. The van der Waals surface area contributed by atoms with Gasteiger partial charge in [0.25, 0.3) is 0 Å². The largest absolute Gasteiger partial charge is 0.416 e. The van der Waals surface area contributed by atoms with Crippen molar-refractivity contribution >= 4 is 11.8 Å². The molecule has 0 bridgehead atoms. The number of hydrogen-bond donors (Lipinski definition) is 2. The molecule has 1 atom stereocenters. The minimum atomic E-state index is -4.47. The van der Waals surface area contributed by atoms with Crippen molar-refractivity contribution in [2.24, 2.45) is 0 Å². The van der Waals surface area contributed by atoms with Crippen LogP contribution < -0.4 is 10.6 Å². The first-order valence-corrected chi connectivity index (χ1v) is 11.5. The molecular weight excluding hydrogens is 457 g/mol. The van der Waals surface area contributed by atoms with Crippen LogP contribution in [0.25, 0.3) is 5.69 Å². The molecule has 1 heterocycles. The molecule has 2 N–H and O–H groups in total. The van der Waals surface area contributed by atoms with E-state index >= 15 is 0 Å². The van der Waals surface area contributed by atoms with Crippen LogP contribution in [0.15, 0.2) is 54.6 Å². The zero-order valence-electron chi connectivity index (χ0n) is 19.5. The molecule has 2 aromatic carbocycles. The molecule has 35 heavy (non-hydrogen) atoms. The molecule has 0 saturated heterocycles. The highest BCUT2D eigenvalue weighted by Crippen LogP contribution is 2.31. The molecule has 6 nitrogen and oxygen atoms in total. The van der Waals surface area contributed by atoms with Gasteiger partial charge >= 0.3 is 6.18 Å². The molecule has 184 valence electrons. The number of rotatable bonds is 8. The minimum absolute atomic E-state index is 0.0430. The molecule has 1 aliphatic carbocycles. The van der Waals surface area contributed by atoms with E-state index in [4.69, 9.17) is 0 Å². The van der Waals surface area contributed by atoms with Crippen LogP contribution in [-0.4, -0.2) is 33.7 Å². The molecule has 2 amide bonds. The quantitative estimate of drug-likeness (QED) is 0.507. The summed E-state index contributed by atoms with van der Waals surface area (Å²) >= 11 is 0. The molecule has 3 aromatic rings. The fraction of sp³-hybridized carbons (Fsp3) is 0.346. The number of aromatic nitrogens is 2. The lowest BCUT2D eigenvalue weighted by Crippen LogP contribution is -2.49. The zero-order chi connectivity index (χ0) is 25.2. The summed E-state index contributed by atoms with van der Waals surface area (Å²) in [5.41, 5.74) is 2.13. The topological polar surface area (TPSA) is 76.0 Å². The van der Waals surface area contributed by atoms with Gasteiger partial charge in [-0.15, -0.1) is 0 Å². The van der Waals surface area contributed by atoms with Crippen LogP contribution in [0.1, 0.15) is 40.9 Å². The maximum absolute atomic E-state index is 13.2. The third-order valence-electron chi connectivity index (χ3n) is 6.05. The lowest BCUT2D eigenvalue weighted by atomic mass is 10.0. The van der Waals surface area contributed by atoms with Gasteiger partial charge in [0.15, 0.2) is 0 Å². The van der Waals surface area contributed by atoms with Crippen molar-refractivity contribution in [1.29, 1.82) is 0 Å². The van der Waals surface area contributed by atoms with E-state index in [1.165, 1.54) is 16.8 Å². The first-order valence-electron chi connectivity index (χ1n) is 11.5. The van der Waals surface area contributed by atoms with Gasteiger partial charge in [-0.2, -0.15) is 18.3 Å². The highest BCUT2D eigenvalue weighted by Gasteiger charge is 2.31. The van der Waals surface area contributed by atoms with Gasteiger partial charge in [-0.3, -0.25) is 9.59 Å². The van der Waals surface area contributed by atoms with Gasteiger partial charge in [-0.25, -0.2) is 4.68 Å². The monoisotopic (exact) mass is 484 g/mol. The smallest absolute Gasteiger partial charge is 0.352 e. The van der Waals surface area contributed by atoms with Crippen molar-refractivity contribution in [3.63, 3.8) is 0 Å². The Morgan fingerprint density at radius 1 is 1.09 bits per heavy atom. The van der Waals surface area contributed by atoms with Gasteiger partial charge in [-0.1, -0.05) is 36.4 Å². The van der Waals surface area contributed by atoms with E-state index in [2.05, 4.69) is 15.7 Å². The second-order valence-corrected chi connectivity index (χ2v) is 8.88. The van der Waals surface area contributed by atoms with Crippen LogP contribution in [0.4, 0.5) is 13.2 Å². The summed E-state index contributed by atoms with van der Waals surface area (Å²) in [7, 11) is 0. The summed E-state index contributed by atoms with van der Waals surface area (Å²) < 4.78 is 40.9. The molecular formula is C26H27F3N4O2. The number of carbonyl (C=O) groups excluding carboxylic acids is 2. The molecule has 1 aromatic heterocycles. The third-order valence-corrected chi connectivity index (χ3v) is 6.05. The van der Waals surface area contributed by atoms with E-state index in [1.54, 1.807) is 13.8 Å². The Morgan fingerprint density at radius 3 is 2.46 bits per heavy atom. The van der Waals surface area contributed by atoms with Crippen LogP contribution in [-0.2, 0) is 28.6 Å². The first-order chi connectivity index (χ1) is 16.6. The SMILES string of the molecule is Cc1nn(-c2cccc(C(F)(F)F)c2)c(C)c1CC(=O)NC(Cc1ccccc1)C(=O)NC1CC1. The Labute approximate surface area is 201 Å². The van der Waals surface area contributed by atoms with Crippen molar-refractivity contribution < 1.29 is 22.8 Å². The second-order valence-electron chi connectivity index (χ2n) is 8.88. The van der Waals surface area contributed by atoms with Crippen molar-refractivity contribution in [2.75, 3.05) is 0 Å². The fourth-order valence-electron chi connectivity index (χ4n) is 3.99. The van der Waals surface area contributed by atoms with Crippen molar-refractivity contribution in [3.05, 3.63) is 82.7 Å². The van der Waals surface area contributed by atoms with E-state index in [1.807, 2.05) is 30.3 Å². The van der Waals surface area contributed by atoms with Gasteiger partial charge in [-0.05, 0) is 50.5 Å². The second kappa shape index (κ2) is 9.93. The van der Waals surface area contributed by atoms with Gasteiger partial charge in [0.2, 0.25) is 11.8 Å². The molecule has 1 fully saturated rings. The first kappa shape index (κ1) is 24.5. The zero-order valence-corrected chi connectivity index (χ0v) is 19.5. The van der Waals surface area contributed by atoms with E-state index in [-0.39, 0.29) is 30.0 Å². The van der Waals surface area contributed by atoms with Crippen LogP contribution >= 0.6 is 0 Å². The minimum Gasteiger partial charge on any atom is -0.352 e. The van der Waals surface area contributed by atoms with Gasteiger partial charge < -0.3 is 10.6 Å². The number of alkyl halides is 3. The lowest BCUT2D eigenvalue weighted by Gasteiger charge is -2.19. The number of carbonyl (C=O) groups is 2. The predicted molar refractivity (Wildman–Crippen MR) is 125 cm³/mol. The van der Waals surface area contributed by atoms with Crippen LogP contribution in [0, 0.1) is 13.8 Å². The molecule has 1 saturated carbocycles. The number of amides is 2. The van der Waals surface area contributed by atoms with Gasteiger partial charge in [0.1, 0.15) is 6.04 Å². The van der Waals surface area contributed by atoms with Crippen molar-refractivity contribution in [1.82, 2.24) is 20.4 Å². The number of nitrogens with zero attached hydrogens (tertiary/aromatic N) is 2. The van der Waals surface area contributed by atoms with E-state index in [9.17, 15) is 22.8 Å². The highest BCUT2D eigenvalue weighted by atomic mass is 19.4. The summed E-state index contributed by atoms with van der Waals surface area (Å²) in [6.45, 7) is 3.42. The Hall–Kier alpha value is -3.62. The number of aryl methyl sites for hydroxylation is 1. The molecule has 9 heteroatoms. The van der Waals surface area contributed by atoms with E-state index in [0.717, 1.165) is 30.5 Å². The number of hydrogen-bond acceptors (Lipinski definition) is 3. The molecule has 0 spiro atoms. The number of nitrogens with one attached hydrogen (secondary N) is 2. The Morgan fingerprint density at radius 2 is 1.80 bits per heavy atom. The highest BCUT2D eigenvalue weighted by molar-refractivity contribution is 5.89. The Bertz CT molecular complexity index is 1220. The number of benzene rings is 2. The molecule has 0 aliphatic heterocycles. The van der Waals surface area contributed by atoms with Crippen LogP contribution in [0.3, 0.4) is 0 Å². The maximum Gasteiger partial charge on any atom is 0.416 e.